The van der Waals surface area contributed by atoms with E-state index in [1.165, 1.54) is 0 Å². The second kappa shape index (κ2) is 5.49. The van der Waals surface area contributed by atoms with Gasteiger partial charge in [0.15, 0.2) is 0 Å². The fraction of sp³-hybridized carbons (Fsp3) is 1.00. The third-order valence-electron chi connectivity index (χ3n) is 3.58. The molecule has 1 heterocycles. The van der Waals surface area contributed by atoms with Crippen molar-refractivity contribution in [2.24, 2.45) is 0 Å². The Morgan fingerprint density at radius 2 is 0.769 bits per heavy atom. The van der Waals surface area contributed by atoms with Crippen LogP contribution in [0.25, 0.3) is 0 Å². The first-order valence-electron chi connectivity index (χ1n) is 5.92. The molecule has 17 heteroatoms. The second-order valence-electron chi connectivity index (χ2n) is 5.08. The Bertz CT molecular complexity index is 485. The minimum absolute atomic E-state index is 0.114. The van der Waals surface area contributed by atoms with Gasteiger partial charge in [-0.2, -0.15) is 0 Å². The summed E-state index contributed by atoms with van der Waals surface area (Å²) in [7, 11) is -6.33. The van der Waals surface area contributed by atoms with Gasteiger partial charge in [0, 0.05) is 0 Å². The van der Waals surface area contributed by atoms with Crippen LogP contribution in [0, 0.1) is 0 Å². The zero-order valence-corrected chi connectivity index (χ0v) is 13.5. The van der Waals surface area contributed by atoms with Crippen molar-refractivity contribution in [3.63, 3.8) is 0 Å². The maximum atomic E-state index is 13.2. The first-order valence-corrected chi connectivity index (χ1v) is 8.28. The van der Waals surface area contributed by atoms with Crippen LogP contribution >= 0.6 is 7.51 Å². The first-order chi connectivity index (χ1) is 11.1. The molecule has 4 nitrogen and oxygen atoms in total. The van der Waals surface area contributed by atoms with Crippen LogP contribution < -0.4 is 0 Å². The van der Waals surface area contributed by atoms with E-state index in [-0.39, 0.29) is 20.9 Å². The van der Waals surface area contributed by atoms with Crippen LogP contribution in [0.5, 0.6) is 0 Å². The average Bonchev–Trinajstić information content (AvgIpc) is 2.68. The molecule has 0 bridgehead atoms. The van der Waals surface area contributed by atoms with Gasteiger partial charge in [-0.15, -0.1) is 0 Å². The summed E-state index contributed by atoms with van der Waals surface area (Å²) in [6.07, 6.45) is -29.2. The van der Waals surface area contributed by atoms with E-state index in [0.29, 0.717) is 0 Å². The fourth-order valence-corrected chi connectivity index (χ4v) is 4.68. The molecule has 0 aromatic carbocycles. The Morgan fingerprint density at radius 3 is 0.885 bits per heavy atom. The zero-order chi connectivity index (χ0) is 21.3. The van der Waals surface area contributed by atoms with Crippen molar-refractivity contribution in [1.29, 1.82) is 0 Å². The van der Waals surface area contributed by atoms with Gasteiger partial charge in [-0.3, -0.25) is 0 Å². The van der Waals surface area contributed by atoms with Crippen molar-refractivity contribution in [2.75, 3.05) is 20.9 Å². The SMILES string of the molecule is COP1(C)(OC)OC(C(F)(F)F)(C(F)(F)F)C(C(F)(F)F)(C(F)(F)F)O1. The molecule has 1 fully saturated rings. The van der Waals surface area contributed by atoms with Gasteiger partial charge in [0.25, 0.3) is 0 Å². The van der Waals surface area contributed by atoms with Crippen LogP contribution in [0.15, 0.2) is 0 Å². The molecule has 26 heavy (non-hydrogen) atoms. The van der Waals surface area contributed by atoms with Crippen molar-refractivity contribution >= 4 is 7.51 Å². The van der Waals surface area contributed by atoms with E-state index < -0.39 is 43.4 Å². The number of rotatable bonds is 2. The third kappa shape index (κ3) is 2.67. The minimum atomic E-state index is -7.30. The number of hydrogen-bond acceptors (Lipinski definition) is 4. The second-order valence-corrected chi connectivity index (χ2v) is 8.53. The summed E-state index contributed by atoms with van der Waals surface area (Å²) >= 11 is 0. The average molecular weight is 440 g/mol. The topological polar surface area (TPSA) is 36.9 Å². The van der Waals surface area contributed by atoms with E-state index in [2.05, 4.69) is 18.1 Å². The summed E-state index contributed by atoms with van der Waals surface area (Å²) in [6, 6.07) is 0. The van der Waals surface area contributed by atoms with Gasteiger partial charge in [0.2, 0.25) is 0 Å². The summed E-state index contributed by atoms with van der Waals surface area (Å²) in [6.45, 7) is -0.114. The van der Waals surface area contributed by atoms with E-state index in [9.17, 15) is 52.7 Å². The number of halogens is 12. The van der Waals surface area contributed by atoms with E-state index in [4.69, 9.17) is 0 Å². The molecule has 0 aliphatic carbocycles. The van der Waals surface area contributed by atoms with Gasteiger partial charge in [-0.05, 0) is 0 Å². The van der Waals surface area contributed by atoms with E-state index in [1.807, 2.05) is 0 Å². The maximum absolute atomic E-state index is 13.2. The summed E-state index contributed by atoms with van der Waals surface area (Å²) < 4.78 is 174. The zero-order valence-electron chi connectivity index (χ0n) is 12.6. The molecule has 0 aromatic heterocycles. The van der Waals surface area contributed by atoms with Crippen molar-refractivity contribution in [2.45, 2.75) is 35.9 Å². The van der Waals surface area contributed by atoms with Gasteiger partial charge in [0.05, 0.1) is 0 Å². The van der Waals surface area contributed by atoms with Crippen molar-refractivity contribution in [1.82, 2.24) is 0 Å². The fourth-order valence-electron chi connectivity index (χ4n) is 2.31. The molecule has 0 atom stereocenters. The molecule has 1 rings (SSSR count). The number of alkyl halides is 12. The summed E-state index contributed by atoms with van der Waals surface area (Å²) in [4.78, 5) is 0. The normalized spacial score (nSPS) is 27.0. The Balaban J connectivity index is 4.24. The van der Waals surface area contributed by atoms with Crippen LogP contribution in [0.3, 0.4) is 0 Å². The van der Waals surface area contributed by atoms with Crippen molar-refractivity contribution in [3.8, 4) is 0 Å². The predicted molar refractivity (Wildman–Crippen MR) is 58.7 cm³/mol. The molecule has 1 saturated heterocycles. The summed E-state index contributed by atoms with van der Waals surface area (Å²) in [5.41, 5.74) is -13.8. The number of hydrogen-bond donors (Lipinski definition) is 0. The molecular weight excluding hydrogens is 431 g/mol. The van der Waals surface area contributed by atoms with Crippen LogP contribution in [0.2, 0.25) is 0 Å². The van der Waals surface area contributed by atoms with Gasteiger partial charge in [-0.1, -0.05) is 0 Å². The molecule has 0 saturated carbocycles. The Labute approximate surface area is 136 Å². The summed E-state index contributed by atoms with van der Waals surface area (Å²) in [5.74, 6) is 0. The van der Waals surface area contributed by atoms with Crippen LogP contribution in [0.4, 0.5) is 52.7 Å². The van der Waals surface area contributed by atoms with E-state index in [1.54, 1.807) is 0 Å². The van der Waals surface area contributed by atoms with Crippen LogP contribution in [-0.4, -0.2) is 56.8 Å². The Hall–Kier alpha value is -0.570. The molecule has 0 radical (unpaired) electrons. The molecule has 0 aromatic rings. The molecule has 1 aliphatic rings. The monoisotopic (exact) mass is 440 g/mol. The van der Waals surface area contributed by atoms with Crippen LogP contribution in [0.1, 0.15) is 0 Å². The molecular formula is C9H9F12O4P. The van der Waals surface area contributed by atoms with Gasteiger partial charge < -0.3 is 0 Å². The molecule has 0 unspecified atom stereocenters. The third-order valence-corrected chi connectivity index (χ3v) is 6.57. The predicted octanol–water partition coefficient (Wildman–Crippen LogP) is 4.90. The van der Waals surface area contributed by atoms with E-state index in [0.717, 1.165) is 0 Å². The molecule has 0 N–H and O–H groups in total. The van der Waals surface area contributed by atoms with Gasteiger partial charge in [-0.25, -0.2) is 0 Å². The van der Waals surface area contributed by atoms with Gasteiger partial charge >= 0.3 is 135 Å². The molecule has 0 spiro atoms. The van der Waals surface area contributed by atoms with E-state index >= 15 is 0 Å². The van der Waals surface area contributed by atoms with Crippen LogP contribution in [-0.2, 0) is 18.1 Å². The first kappa shape index (κ1) is 23.5. The molecule has 0 amide bonds. The quantitative estimate of drug-likeness (QED) is 0.453. The van der Waals surface area contributed by atoms with Crippen molar-refractivity contribution in [3.05, 3.63) is 0 Å². The molecule has 1 aliphatic heterocycles. The standard InChI is InChI=1S/C9H9F12O4P/c1-22-26(3,23-2)24-4(6(10,11)12,7(13,14)15)5(25-26,8(16,17)18)9(19,20)21/h1-3H3. The molecule has 158 valence electrons. The van der Waals surface area contributed by atoms with Gasteiger partial charge in [0.1, 0.15) is 0 Å². The Kier molecular flexibility index (Phi) is 4.95. The summed E-state index contributed by atoms with van der Waals surface area (Å²) in [5, 5.41) is 0. The van der Waals surface area contributed by atoms with Crippen molar-refractivity contribution < 1.29 is 70.8 Å². The Morgan fingerprint density at radius 1 is 0.577 bits per heavy atom.